The van der Waals surface area contributed by atoms with E-state index in [-0.39, 0.29) is 21.7 Å². The predicted molar refractivity (Wildman–Crippen MR) is 63.8 cm³/mol. The minimum absolute atomic E-state index is 0.0360. The van der Waals surface area contributed by atoms with E-state index in [0.29, 0.717) is 0 Å². The van der Waals surface area contributed by atoms with E-state index in [2.05, 4.69) is 0 Å². The highest BCUT2D eigenvalue weighted by Crippen LogP contribution is 2.30. The summed E-state index contributed by atoms with van der Waals surface area (Å²) in [6.07, 6.45) is 0. The molecule has 5 heteroatoms. The van der Waals surface area contributed by atoms with Gasteiger partial charge in [0.1, 0.15) is 11.6 Å². The standard InChI is InChI=1S/C13H7ClF2O2/c14-10-5-8(7-3-1-2-4-11(7)15)12(16)6-9(10)13(17)18/h1-6H,(H,17,18). The normalized spacial score (nSPS) is 10.4. The van der Waals surface area contributed by atoms with Crippen molar-refractivity contribution in [2.75, 3.05) is 0 Å². The van der Waals surface area contributed by atoms with E-state index in [1.807, 2.05) is 0 Å². The lowest BCUT2D eigenvalue weighted by molar-refractivity contribution is 0.0696. The fraction of sp³-hybridized carbons (Fsp3) is 0. The van der Waals surface area contributed by atoms with Crippen molar-refractivity contribution < 1.29 is 18.7 Å². The fourth-order valence-corrected chi connectivity index (χ4v) is 1.84. The molecule has 2 rings (SSSR count). The van der Waals surface area contributed by atoms with Crippen LogP contribution in [0.15, 0.2) is 36.4 Å². The second-order valence-electron chi connectivity index (χ2n) is 3.60. The molecule has 1 N–H and O–H groups in total. The third kappa shape index (κ3) is 2.19. The van der Waals surface area contributed by atoms with Crippen molar-refractivity contribution in [2.45, 2.75) is 0 Å². The molecule has 0 spiro atoms. The van der Waals surface area contributed by atoms with Gasteiger partial charge in [-0.05, 0) is 18.2 Å². The molecular weight excluding hydrogens is 262 g/mol. The maximum absolute atomic E-state index is 13.8. The van der Waals surface area contributed by atoms with Gasteiger partial charge < -0.3 is 5.11 Å². The van der Waals surface area contributed by atoms with Gasteiger partial charge in [0.25, 0.3) is 0 Å². The van der Waals surface area contributed by atoms with Gasteiger partial charge >= 0.3 is 5.97 Å². The summed E-state index contributed by atoms with van der Waals surface area (Å²) in [6.45, 7) is 0. The zero-order valence-electron chi connectivity index (χ0n) is 8.95. The number of halogens is 3. The van der Waals surface area contributed by atoms with E-state index in [0.717, 1.165) is 12.1 Å². The van der Waals surface area contributed by atoms with Crippen LogP contribution in [0.3, 0.4) is 0 Å². The van der Waals surface area contributed by atoms with Crippen molar-refractivity contribution in [3.63, 3.8) is 0 Å². The average Bonchev–Trinajstić information content (AvgIpc) is 2.32. The fourth-order valence-electron chi connectivity index (χ4n) is 1.60. The molecule has 2 aromatic carbocycles. The van der Waals surface area contributed by atoms with Gasteiger partial charge in [0.2, 0.25) is 0 Å². The lowest BCUT2D eigenvalue weighted by Gasteiger charge is -2.07. The number of carboxylic acids is 1. The molecule has 0 unspecified atom stereocenters. The van der Waals surface area contributed by atoms with Crippen LogP contribution in [-0.2, 0) is 0 Å². The molecule has 0 aliphatic rings. The number of carboxylic acid groups (broad SMARTS) is 1. The molecule has 0 saturated heterocycles. The Morgan fingerprint density at radius 1 is 1.06 bits per heavy atom. The summed E-state index contributed by atoms with van der Waals surface area (Å²) in [4.78, 5) is 10.8. The topological polar surface area (TPSA) is 37.3 Å². The Bertz CT molecular complexity index is 626. The van der Waals surface area contributed by atoms with Crippen molar-refractivity contribution in [2.24, 2.45) is 0 Å². The van der Waals surface area contributed by atoms with E-state index in [1.54, 1.807) is 6.07 Å². The monoisotopic (exact) mass is 268 g/mol. The number of hydrogen-bond acceptors (Lipinski definition) is 1. The van der Waals surface area contributed by atoms with Crippen LogP contribution in [0.1, 0.15) is 10.4 Å². The summed E-state index contributed by atoms with van der Waals surface area (Å²) >= 11 is 5.73. The van der Waals surface area contributed by atoms with Crippen molar-refractivity contribution >= 4 is 17.6 Å². The maximum Gasteiger partial charge on any atom is 0.337 e. The summed E-state index contributed by atoms with van der Waals surface area (Å²) in [5.41, 5.74) is -0.383. The Labute approximate surface area is 106 Å². The first-order valence-corrected chi connectivity index (χ1v) is 5.35. The maximum atomic E-state index is 13.8. The van der Waals surface area contributed by atoms with E-state index < -0.39 is 17.6 Å². The Kier molecular flexibility index (Phi) is 3.30. The lowest BCUT2D eigenvalue weighted by atomic mass is 10.0. The van der Waals surface area contributed by atoms with Crippen LogP contribution >= 0.6 is 11.6 Å². The second kappa shape index (κ2) is 4.74. The van der Waals surface area contributed by atoms with E-state index in [1.165, 1.54) is 18.2 Å². The number of aromatic carboxylic acids is 1. The van der Waals surface area contributed by atoms with Gasteiger partial charge in [-0.15, -0.1) is 0 Å². The van der Waals surface area contributed by atoms with E-state index in [4.69, 9.17) is 16.7 Å². The van der Waals surface area contributed by atoms with Crippen LogP contribution < -0.4 is 0 Å². The molecule has 0 bridgehead atoms. The molecule has 0 saturated carbocycles. The van der Waals surface area contributed by atoms with Crippen LogP contribution in [0.4, 0.5) is 8.78 Å². The van der Waals surface area contributed by atoms with Crippen LogP contribution in [0, 0.1) is 11.6 Å². The molecule has 2 nitrogen and oxygen atoms in total. The first-order valence-electron chi connectivity index (χ1n) is 4.98. The molecule has 92 valence electrons. The smallest absolute Gasteiger partial charge is 0.337 e. The van der Waals surface area contributed by atoms with Gasteiger partial charge in [-0.3, -0.25) is 0 Å². The lowest BCUT2D eigenvalue weighted by Crippen LogP contribution is -2.00. The molecule has 0 amide bonds. The van der Waals surface area contributed by atoms with Crippen molar-refractivity contribution in [1.29, 1.82) is 0 Å². The highest BCUT2D eigenvalue weighted by Gasteiger charge is 2.16. The van der Waals surface area contributed by atoms with E-state index in [9.17, 15) is 13.6 Å². The Morgan fingerprint density at radius 2 is 1.72 bits per heavy atom. The number of benzene rings is 2. The summed E-state index contributed by atoms with van der Waals surface area (Å²) < 4.78 is 27.3. The Balaban J connectivity index is 2.64. The first kappa shape index (κ1) is 12.5. The molecule has 18 heavy (non-hydrogen) atoms. The van der Waals surface area contributed by atoms with Gasteiger partial charge in [0.15, 0.2) is 0 Å². The van der Waals surface area contributed by atoms with Crippen LogP contribution in [0.25, 0.3) is 11.1 Å². The molecule has 0 aliphatic heterocycles. The third-order valence-corrected chi connectivity index (χ3v) is 2.76. The molecule has 0 fully saturated rings. The van der Waals surface area contributed by atoms with Crippen LogP contribution in [0.2, 0.25) is 5.02 Å². The highest BCUT2D eigenvalue weighted by molar-refractivity contribution is 6.33. The zero-order valence-corrected chi connectivity index (χ0v) is 9.71. The molecule has 0 radical (unpaired) electrons. The zero-order chi connectivity index (χ0) is 13.3. The number of carbonyl (C=O) groups is 1. The minimum atomic E-state index is -1.33. The molecule has 0 aliphatic carbocycles. The first-order chi connectivity index (χ1) is 8.50. The van der Waals surface area contributed by atoms with Gasteiger partial charge in [0, 0.05) is 11.1 Å². The summed E-state index contributed by atoms with van der Waals surface area (Å²) in [5.74, 6) is -2.77. The SMILES string of the molecule is O=C(O)c1cc(F)c(-c2ccccc2F)cc1Cl. The quantitative estimate of drug-likeness (QED) is 0.894. The van der Waals surface area contributed by atoms with Crippen molar-refractivity contribution in [1.82, 2.24) is 0 Å². The predicted octanol–water partition coefficient (Wildman–Crippen LogP) is 3.98. The van der Waals surface area contributed by atoms with Crippen molar-refractivity contribution in [3.05, 3.63) is 58.6 Å². The number of hydrogen-bond donors (Lipinski definition) is 1. The minimum Gasteiger partial charge on any atom is -0.478 e. The average molecular weight is 269 g/mol. The number of rotatable bonds is 2. The summed E-state index contributed by atoms with van der Waals surface area (Å²) in [5, 5.41) is 8.64. The van der Waals surface area contributed by atoms with Crippen LogP contribution in [-0.4, -0.2) is 11.1 Å². The summed E-state index contributed by atoms with van der Waals surface area (Å²) in [6, 6.07) is 7.50. The molecule has 2 aromatic rings. The molecule has 0 aromatic heterocycles. The van der Waals surface area contributed by atoms with Gasteiger partial charge in [0.05, 0.1) is 10.6 Å². The van der Waals surface area contributed by atoms with Gasteiger partial charge in [-0.25, -0.2) is 13.6 Å². The van der Waals surface area contributed by atoms with Crippen LogP contribution in [0.5, 0.6) is 0 Å². The molecular formula is C13H7ClF2O2. The van der Waals surface area contributed by atoms with Gasteiger partial charge in [-0.2, -0.15) is 0 Å². The Morgan fingerprint density at radius 3 is 2.33 bits per heavy atom. The van der Waals surface area contributed by atoms with Gasteiger partial charge in [-0.1, -0.05) is 29.8 Å². The largest absolute Gasteiger partial charge is 0.478 e. The summed E-state index contributed by atoms with van der Waals surface area (Å²) in [7, 11) is 0. The second-order valence-corrected chi connectivity index (χ2v) is 4.00. The molecule has 0 atom stereocenters. The highest BCUT2D eigenvalue weighted by atomic mass is 35.5. The van der Waals surface area contributed by atoms with E-state index >= 15 is 0 Å². The molecule has 0 heterocycles. The Hall–Kier alpha value is -1.94. The third-order valence-electron chi connectivity index (χ3n) is 2.45. The van der Waals surface area contributed by atoms with Crippen molar-refractivity contribution in [3.8, 4) is 11.1 Å².